The first-order valence-electron chi connectivity index (χ1n) is 14.2. The van der Waals surface area contributed by atoms with E-state index in [1.165, 1.54) is 6.07 Å². The van der Waals surface area contributed by atoms with E-state index in [2.05, 4.69) is 36.6 Å². The molecule has 3 aromatic heterocycles. The van der Waals surface area contributed by atoms with Gasteiger partial charge in [0.15, 0.2) is 0 Å². The number of aryl methyl sites for hydroxylation is 1. The molecule has 7 rings (SSSR count). The van der Waals surface area contributed by atoms with E-state index in [1.54, 1.807) is 30.3 Å². The summed E-state index contributed by atoms with van der Waals surface area (Å²) >= 11 is 5.96. The Balaban J connectivity index is 1.20. The normalized spacial score (nSPS) is 13.7. The number of carbonyl (C=O) groups is 1. The van der Waals surface area contributed by atoms with Crippen molar-refractivity contribution in [3.05, 3.63) is 112 Å². The zero-order valence-corrected chi connectivity index (χ0v) is 24.3. The highest BCUT2D eigenvalue weighted by atomic mass is 35.5. The molecule has 0 radical (unpaired) electrons. The molecular weight excluding hydrogens is 569 g/mol. The molecule has 1 aliphatic heterocycles. The van der Waals surface area contributed by atoms with E-state index in [-0.39, 0.29) is 11.4 Å². The molecule has 1 aliphatic rings. The minimum atomic E-state index is -0.970. The number of halogens is 2. The number of benzene rings is 3. The minimum absolute atomic E-state index is 0.227. The molecule has 0 amide bonds. The Kier molecular flexibility index (Phi) is 6.95. The molecule has 0 bridgehead atoms. The summed E-state index contributed by atoms with van der Waals surface area (Å²) in [4.78, 5) is 28.4. The Morgan fingerprint density at radius 3 is 2.72 bits per heavy atom. The summed E-state index contributed by atoms with van der Waals surface area (Å²) < 4.78 is 21.0. The second-order valence-electron chi connectivity index (χ2n) is 10.9. The maximum atomic E-state index is 14.6. The van der Waals surface area contributed by atoms with Gasteiger partial charge < -0.3 is 18.8 Å². The summed E-state index contributed by atoms with van der Waals surface area (Å²) in [6.45, 7) is 6.13. The van der Waals surface area contributed by atoms with E-state index in [0.717, 1.165) is 64.6 Å². The van der Waals surface area contributed by atoms with Gasteiger partial charge in [0.25, 0.3) is 0 Å². The molecule has 0 saturated heterocycles. The molecule has 6 aromatic rings. The monoisotopic (exact) mass is 597 g/mol. The molecule has 218 valence electrons. The van der Waals surface area contributed by atoms with Crippen LogP contribution in [0.1, 0.15) is 45.8 Å². The van der Waals surface area contributed by atoms with Gasteiger partial charge in [-0.1, -0.05) is 29.8 Å². The van der Waals surface area contributed by atoms with Crippen LogP contribution in [0.4, 0.5) is 4.39 Å². The summed E-state index contributed by atoms with van der Waals surface area (Å²) in [5.74, 6) is 0.512. The number of aromatic carboxylic acids is 1. The van der Waals surface area contributed by atoms with Gasteiger partial charge in [0, 0.05) is 37.3 Å². The molecule has 0 unspecified atom stereocenters. The maximum absolute atomic E-state index is 14.6. The highest BCUT2D eigenvalue weighted by Gasteiger charge is 2.24. The van der Waals surface area contributed by atoms with Crippen LogP contribution in [-0.4, -0.2) is 51.2 Å². The van der Waals surface area contributed by atoms with Crippen molar-refractivity contribution in [3.8, 4) is 0 Å². The molecule has 9 nitrogen and oxygen atoms in total. The van der Waals surface area contributed by atoms with Gasteiger partial charge in [-0.3, -0.25) is 4.90 Å². The Morgan fingerprint density at radius 1 is 1.02 bits per heavy atom. The van der Waals surface area contributed by atoms with Gasteiger partial charge >= 0.3 is 5.97 Å². The molecule has 0 fully saturated rings. The lowest BCUT2D eigenvalue weighted by Gasteiger charge is -2.27. The van der Waals surface area contributed by atoms with E-state index in [1.807, 2.05) is 24.7 Å². The van der Waals surface area contributed by atoms with Crippen LogP contribution in [0.5, 0.6) is 0 Å². The molecule has 0 atom stereocenters. The summed E-state index contributed by atoms with van der Waals surface area (Å²) in [6, 6.07) is 15.9. The van der Waals surface area contributed by atoms with Gasteiger partial charge in [-0.25, -0.2) is 24.1 Å². The number of aromatic nitrogens is 6. The average Bonchev–Trinajstić information content (AvgIpc) is 3.70. The molecule has 0 spiro atoms. The van der Waals surface area contributed by atoms with Crippen LogP contribution in [0.15, 0.2) is 67.1 Å². The molecule has 11 heteroatoms. The van der Waals surface area contributed by atoms with Crippen LogP contribution < -0.4 is 0 Å². The maximum Gasteiger partial charge on any atom is 0.335 e. The number of rotatable bonds is 8. The highest BCUT2D eigenvalue weighted by molar-refractivity contribution is 6.30. The summed E-state index contributed by atoms with van der Waals surface area (Å²) in [7, 11) is 0. The van der Waals surface area contributed by atoms with Gasteiger partial charge in [0.2, 0.25) is 0 Å². The third-order valence-electron chi connectivity index (χ3n) is 8.24. The molecule has 43 heavy (non-hydrogen) atoms. The van der Waals surface area contributed by atoms with Crippen molar-refractivity contribution in [2.24, 2.45) is 0 Å². The fraction of sp³-hybridized carbons (Fsp3) is 0.250. The predicted molar refractivity (Wildman–Crippen MR) is 162 cm³/mol. The van der Waals surface area contributed by atoms with Crippen LogP contribution >= 0.6 is 11.6 Å². The molecule has 0 aliphatic carbocycles. The van der Waals surface area contributed by atoms with Crippen molar-refractivity contribution in [3.63, 3.8) is 0 Å². The van der Waals surface area contributed by atoms with E-state index in [0.29, 0.717) is 36.6 Å². The molecule has 0 saturated carbocycles. The van der Waals surface area contributed by atoms with E-state index in [9.17, 15) is 14.3 Å². The standard InChI is InChI=1S/C32H29ClFN7O2/c1-2-39-19-35-15-24(39)16-41-28-13-22(32(42)43)7-9-26(28)36-29(41)17-38-10-11-40-27-5-3-4-21(31(27)37-30(40)18-38)12-20-6-8-23(33)14-25(20)34/h3-9,13-15,19H,2,10-12,16-18H2,1H3,(H,42,43). The van der Waals surface area contributed by atoms with E-state index in [4.69, 9.17) is 21.6 Å². The number of nitrogens with zero attached hydrogens (tertiary/aromatic N) is 7. The van der Waals surface area contributed by atoms with Crippen molar-refractivity contribution >= 4 is 39.6 Å². The fourth-order valence-corrected chi connectivity index (χ4v) is 6.18. The number of carboxylic acid groups (broad SMARTS) is 1. The summed E-state index contributed by atoms with van der Waals surface area (Å²) in [5, 5.41) is 10.0. The van der Waals surface area contributed by atoms with Crippen LogP contribution in [0.3, 0.4) is 0 Å². The van der Waals surface area contributed by atoms with Gasteiger partial charge in [-0.05, 0) is 54.4 Å². The first-order valence-corrected chi connectivity index (χ1v) is 14.6. The first-order chi connectivity index (χ1) is 20.9. The summed E-state index contributed by atoms with van der Waals surface area (Å²) in [6.07, 6.45) is 4.08. The van der Waals surface area contributed by atoms with Gasteiger partial charge in [-0.15, -0.1) is 0 Å². The van der Waals surface area contributed by atoms with E-state index >= 15 is 0 Å². The highest BCUT2D eigenvalue weighted by Crippen LogP contribution is 2.28. The van der Waals surface area contributed by atoms with Crippen molar-refractivity contribution in [2.75, 3.05) is 6.54 Å². The van der Waals surface area contributed by atoms with Crippen molar-refractivity contribution < 1.29 is 14.3 Å². The number of fused-ring (bicyclic) bond motifs is 4. The second kappa shape index (κ2) is 10.9. The zero-order valence-electron chi connectivity index (χ0n) is 23.5. The van der Waals surface area contributed by atoms with Crippen molar-refractivity contribution in [2.45, 2.75) is 46.1 Å². The lowest BCUT2D eigenvalue weighted by atomic mass is 10.0. The Hall–Kier alpha value is -4.54. The van der Waals surface area contributed by atoms with Crippen molar-refractivity contribution in [1.29, 1.82) is 0 Å². The Labute approximate surface area is 251 Å². The molecular formula is C32H29ClFN7O2. The largest absolute Gasteiger partial charge is 0.478 e. The number of hydrogen-bond donors (Lipinski definition) is 1. The third kappa shape index (κ3) is 5.06. The molecule has 3 aromatic carbocycles. The lowest BCUT2D eigenvalue weighted by Crippen LogP contribution is -2.34. The average molecular weight is 598 g/mol. The summed E-state index contributed by atoms with van der Waals surface area (Å²) in [5.41, 5.74) is 6.26. The van der Waals surface area contributed by atoms with Crippen LogP contribution in [-0.2, 0) is 39.1 Å². The fourth-order valence-electron chi connectivity index (χ4n) is 6.02. The number of para-hydroxylation sites is 1. The smallest absolute Gasteiger partial charge is 0.335 e. The minimum Gasteiger partial charge on any atom is -0.478 e. The Bertz CT molecular complexity index is 2010. The molecule has 1 N–H and O–H groups in total. The number of imidazole rings is 3. The number of hydrogen-bond acceptors (Lipinski definition) is 5. The second-order valence-corrected chi connectivity index (χ2v) is 11.3. The predicted octanol–water partition coefficient (Wildman–Crippen LogP) is 5.75. The van der Waals surface area contributed by atoms with Crippen LogP contribution in [0.25, 0.3) is 22.1 Å². The molecule has 4 heterocycles. The van der Waals surface area contributed by atoms with Crippen LogP contribution in [0, 0.1) is 5.82 Å². The van der Waals surface area contributed by atoms with Gasteiger partial charge in [0.05, 0.1) is 59.3 Å². The zero-order chi connectivity index (χ0) is 29.7. The van der Waals surface area contributed by atoms with Gasteiger partial charge in [0.1, 0.15) is 17.5 Å². The Morgan fingerprint density at radius 2 is 1.91 bits per heavy atom. The lowest BCUT2D eigenvalue weighted by molar-refractivity contribution is 0.0697. The van der Waals surface area contributed by atoms with Gasteiger partial charge in [-0.2, -0.15) is 0 Å². The first kappa shape index (κ1) is 27.3. The van der Waals surface area contributed by atoms with Crippen molar-refractivity contribution in [1.82, 2.24) is 33.6 Å². The topological polar surface area (TPSA) is 94.0 Å². The van der Waals surface area contributed by atoms with Crippen LogP contribution in [0.2, 0.25) is 5.02 Å². The quantitative estimate of drug-likeness (QED) is 0.240. The third-order valence-corrected chi connectivity index (χ3v) is 8.48. The SMILES string of the molecule is CCn1cncc1Cn1c(CN2CCn3c(nc4c(Cc5ccc(Cl)cc5F)cccc43)C2)nc2ccc(C(=O)O)cc21. The van der Waals surface area contributed by atoms with E-state index < -0.39 is 5.97 Å². The number of carboxylic acids is 1.